The Morgan fingerprint density at radius 2 is 2.37 bits per heavy atom. The van der Waals surface area contributed by atoms with Crippen molar-refractivity contribution >= 4 is 11.6 Å². The summed E-state index contributed by atoms with van der Waals surface area (Å²) in [6, 6.07) is 3.59. The summed E-state index contributed by atoms with van der Waals surface area (Å²) in [4.78, 5) is 20.4. The summed E-state index contributed by atoms with van der Waals surface area (Å²) in [7, 11) is 4.00. The molecule has 0 spiro atoms. The summed E-state index contributed by atoms with van der Waals surface area (Å²) >= 11 is 0. The van der Waals surface area contributed by atoms with Crippen molar-refractivity contribution < 1.29 is 4.79 Å². The molecule has 5 heteroatoms. The quantitative estimate of drug-likeness (QED) is 0.864. The molecule has 1 amide bonds. The molecule has 0 radical (unpaired) electrons. The predicted molar refractivity (Wildman–Crippen MR) is 75.6 cm³/mol. The van der Waals surface area contributed by atoms with E-state index in [-0.39, 0.29) is 5.91 Å². The van der Waals surface area contributed by atoms with Crippen LogP contribution >= 0.6 is 0 Å². The zero-order chi connectivity index (χ0) is 13.8. The van der Waals surface area contributed by atoms with Gasteiger partial charge in [0.15, 0.2) is 0 Å². The van der Waals surface area contributed by atoms with Crippen LogP contribution in [0.4, 0.5) is 5.69 Å². The molecule has 1 aromatic heterocycles. The van der Waals surface area contributed by atoms with Crippen molar-refractivity contribution in [2.75, 3.05) is 39.5 Å². The Balaban J connectivity index is 1.83. The molecule has 0 aromatic carbocycles. The highest BCUT2D eigenvalue weighted by molar-refractivity contribution is 5.78. The molecular weight excluding hydrogens is 240 g/mol. The fourth-order valence-corrected chi connectivity index (χ4v) is 2.49. The van der Waals surface area contributed by atoms with Crippen LogP contribution in [0.5, 0.6) is 0 Å². The maximum atomic E-state index is 12.1. The Labute approximate surface area is 114 Å². The molecule has 1 aromatic rings. The average molecular weight is 262 g/mol. The lowest BCUT2D eigenvalue weighted by Gasteiger charge is -2.21. The lowest BCUT2D eigenvalue weighted by molar-refractivity contribution is -0.129. The number of aromatic nitrogens is 1. The third-order valence-electron chi connectivity index (χ3n) is 3.63. The third-order valence-corrected chi connectivity index (χ3v) is 3.63. The van der Waals surface area contributed by atoms with Gasteiger partial charge in [0.2, 0.25) is 5.91 Å². The molecule has 0 saturated carbocycles. The summed E-state index contributed by atoms with van der Waals surface area (Å²) < 4.78 is 0. The zero-order valence-corrected chi connectivity index (χ0v) is 11.7. The van der Waals surface area contributed by atoms with Crippen LogP contribution in [-0.4, -0.2) is 54.4 Å². The zero-order valence-electron chi connectivity index (χ0n) is 11.7. The molecule has 19 heavy (non-hydrogen) atoms. The second-order valence-electron chi connectivity index (χ2n) is 5.45. The van der Waals surface area contributed by atoms with Crippen molar-refractivity contribution in [2.24, 2.45) is 5.92 Å². The van der Waals surface area contributed by atoms with E-state index in [0.29, 0.717) is 18.0 Å². The Kier molecular flexibility index (Phi) is 4.37. The van der Waals surface area contributed by atoms with E-state index in [2.05, 4.69) is 16.9 Å². The number of likely N-dealkylation sites (N-methyl/N-ethyl adjacent to an activating group) is 1. The van der Waals surface area contributed by atoms with Gasteiger partial charge in [-0.05, 0) is 38.1 Å². The number of nitrogens with zero attached hydrogens (tertiary/aromatic N) is 3. The van der Waals surface area contributed by atoms with Crippen LogP contribution in [-0.2, 0) is 11.2 Å². The van der Waals surface area contributed by atoms with Crippen LogP contribution in [0.3, 0.4) is 0 Å². The highest BCUT2D eigenvalue weighted by Crippen LogP contribution is 2.15. The first-order chi connectivity index (χ1) is 9.04. The second kappa shape index (κ2) is 6.02. The van der Waals surface area contributed by atoms with Gasteiger partial charge in [-0.2, -0.15) is 0 Å². The van der Waals surface area contributed by atoms with Crippen LogP contribution < -0.4 is 5.73 Å². The molecule has 1 aliphatic rings. The standard InChI is InChI=1S/C14H22N4O/c1-17-6-5-11(9-17)10-18(2)14(19)7-13-4-3-12(15)8-16-13/h3-4,8,11H,5-7,9-10,15H2,1-2H3. The van der Waals surface area contributed by atoms with Gasteiger partial charge in [-0.25, -0.2) is 0 Å². The predicted octanol–water partition coefficient (Wildman–Crippen LogP) is 0.616. The van der Waals surface area contributed by atoms with Gasteiger partial charge in [0.1, 0.15) is 0 Å². The Morgan fingerprint density at radius 1 is 1.58 bits per heavy atom. The molecular formula is C14H22N4O. The number of rotatable bonds is 4. The van der Waals surface area contributed by atoms with Gasteiger partial charge in [-0.1, -0.05) is 0 Å². The molecule has 1 aliphatic heterocycles. The van der Waals surface area contributed by atoms with E-state index in [9.17, 15) is 4.79 Å². The number of hydrogen-bond acceptors (Lipinski definition) is 4. The van der Waals surface area contributed by atoms with Gasteiger partial charge in [0.05, 0.1) is 18.3 Å². The van der Waals surface area contributed by atoms with Gasteiger partial charge in [0.25, 0.3) is 0 Å². The molecule has 5 nitrogen and oxygen atoms in total. The van der Waals surface area contributed by atoms with Crippen molar-refractivity contribution in [3.63, 3.8) is 0 Å². The van der Waals surface area contributed by atoms with E-state index in [4.69, 9.17) is 5.73 Å². The van der Waals surface area contributed by atoms with Gasteiger partial charge < -0.3 is 15.5 Å². The second-order valence-corrected chi connectivity index (χ2v) is 5.45. The minimum atomic E-state index is 0.117. The fraction of sp³-hybridized carbons (Fsp3) is 0.571. The van der Waals surface area contributed by atoms with Gasteiger partial charge >= 0.3 is 0 Å². The Hall–Kier alpha value is -1.62. The van der Waals surface area contributed by atoms with Crippen LogP contribution in [0.2, 0.25) is 0 Å². The van der Waals surface area contributed by atoms with Crippen LogP contribution in [0.25, 0.3) is 0 Å². The molecule has 0 bridgehead atoms. The lowest BCUT2D eigenvalue weighted by atomic mass is 10.1. The molecule has 1 unspecified atom stereocenters. The SMILES string of the molecule is CN1CCC(CN(C)C(=O)Cc2ccc(N)cn2)C1. The average Bonchev–Trinajstić information content (AvgIpc) is 2.77. The molecule has 1 fully saturated rings. The highest BCUT2D eigenvalue weighted by Gasteiger charge is 2.22. The largest absolute Gasteiger partial charge is 0.397 e. The summed E-state index contributed by atoms with van der Waals surface area (Å²) in [5, 5.41) is 0. The number of amides is 1. The fourth-order valence-electron chi connectivity index (χ4n) is 2.49. The number of likely N-dealkylation sites (tertiary alicyclic amines) is 1. The normalized spacial score (nSPS) is 19.6. The smallest absolute Gasteiger partial charge is 0.228 e. The Morgan fingerprint density at radius 3 is 2.95 bits per heavy atom. The van der Waals surface area contributed by atoms with E-state index in [1.54, 1.807) is 12.3 Å². The van der Waals surface area contributed by atoms with Crippen molar-refractivity contribution in [3.05, 3.63) is 24.0 Å². The van der Waals surface area contributed by atoms with Crippen LogP contribution in [0, 0.1) is 5.92 Å². The third kappa shape index (κ3) is 3.92. The maximum absolute atomic E-state index is 12.1. The van der Waals surface area contributed by atoms with E-state index in [0.717, 1.165) is 25.3 Å². The number of pyridine rings is 1. The summed E-state index contributed by atoms with van der Waals surface area (Å²) in [6.07, 6.45) is 3.11. The monoisotopic (exact) mass is 262 g/mol. The number of hydrogen-bond donors (Lipinski definition) is 1. The molecule has 2 heterocycles. The molecule has 1 saturated heterocycles. The first-order valence-corrected chi connectivity index (χ1v) is 6.67. The lowest BCUT2D eigenvalue weighted by Crippen LogP contribution is -2.34. The van der Waals surface area contributed by atoms with E-state index in [1.807, 2.05) is 18.0 Å². The molecule has 1 atom stereocenters. The van der Waals surface area contributed by atoms with Crippen molar-refractivity contribution in [1.82, 2.24) is 14.8 Å². The van der Waals surface area contributed by atoms with Gasteiger partial charge in [-0.15, -0.1) is 0 Å². The van der Waals surface area contributed by atoms with Crippen molar-refractivity contribution in [2.45, 2.75) is 12.8 Å². The topological polar surface area (TPSA) is 62.5 Å². The molecule has 104 valence electrons. The molecule has 0 aliphatic carbocycles. The minimum absolute atomic E-state index is 0.117. The number of carbonyl (C=O) groups excluding carboxylic acids is 1. The number of nitrogens with two attached hydrogens (primary N) is 1. The van der Waals surface area contributed by atoms with E-state index < -0.39 is 0 Å². The van der Waals surface area contributed by atoms with E-state index >= 15 is 0 Å². The first-order valence-electron chi connectivity index (χ1n) is 6.67. The number of nitrogen functional groups attached to an aromatic ring is 1. The van der Waals surface area contributed by atoms with Crippen molar-refractivity contribution in [3.8, 4) is 0 Å². The molecule has 2 rings (SSSR count). The van der Waals surface area contributed by atoms with Gasteiger partial charge in [0, 0.05) is 25.8 Å². The van der Waals surface area contributed by atoms with Crippen molar-refractivity contribution in [1.29, 1.82) is 0 Å². The Bertz CT molecular complexity index is 432. The van der Waals surface area contributed by atoms with Gasteiger partial charge in [-0.3, -0.25) is 9.78 Å². The van der Waals surface area contributed by atoms with Crippen LogP contribution in [0.15, 0.2) is 18.3 Å². The summed E-state index contributed by atoms with van der Waals surface area (Å²) in [5.41, 5.74) is 6.97. The first kappa shape index (κ1) is 13.8. The van der Waals surface area contributed by atoms with Crippen LogP contribution in [0.1, 0.15) is 12.1 Å². The number of carbonyl (C=O) groups is 1. The molecule has 2 N–H and O–H groups in total. The minimum Gasteiger partial charge on any atom is -0.397 e. The number of anilines is 1. The maximum Gasteiger partial charge on any atom is 0.228 e. The summed E-state index contributed by atoms with van der Waals surface area (Å²) in [6.45, 7) is 3.04. The van der Waals surface area contributed by atoms with E-state index in [1.165, 1.54) is 6.42 Å². The summed E-state index contributed by atoms with van der Waals surface area (Å²) in [5.74, 6) is 0.713. The highest BCUT2D eigenvalue weighted by atomic mass is 16.2.